The van der Waals surface area contributed by atoms with Crippen LogP contribution in [0.15, 0.2) is 35.0 Å². The summed E-state index contributed by atoms with van der Waals surface area (Å²) in [4.78, 5) is 0. The van der Waals surface area contributed by atoms with Gasteiger partial charge in [-0.15, -0.1) is 0 Å². The Labute approximate surface area is 90.4 Å². The van der Waals surface area contributed by atoms with Gasteiger partial charge in [-0.05, 0) is 40.6 Å². The Morgan fingerprint density at radius 2 is 2.07 bits per heavy atom. The van der Waals surface area contributed by atoms with Crippen LogP contribution in [0.4, 0.5) is 14.5 Å². The van der Waals surface area contributed by atoms with Crippen LogP contribution < -0.4 is 5.32 Å². The van der Waals surface area contributed by atoms with Gasteiger partial charge in [0, 0.05) is 6.54 Å². The van der Waals surface area contributed by atoms with E-state index in [1.165, 1.54) is 0 Å². The van der Waals surface area contributed by atoms with Crippen LogP contribution >= 0.6 is 11.3 Å². The van der Waals surface area contributed by atoms with Gasteiger partial charge >= 0.3 is 0 Å². The normalized spacial score (nSPS) is 10.3. The van der Waals surface area contributed by atoms with Gasteiger partial charge in [0.15, 0.2) is 0 Å². The van der Waals surface area contributed by atoms with E-state index in [2.05, 4.69) is 5.32 Å². The molecular weight excluding hydrogens is 216 g/mol. The van der Waals surface area contributed by atoms with Crippen LogP contribution in [-0.4, -0.2) is 0 Å². The predicted molar refractivity (Wildman–Crippen MR) is 58.0 cm³/mol. The summed E-state index contributed by atoms with van der Waals surface area (Å²) in [6.45, 7) is 0.504. The molecule has 0 aliphatic rings. The maximum absolute atomic E-state index is 13.2. The quantitative estimate of drug-likeness (QED) is 0.841. The maximum atomic E-state index is 13.2. The summed E-state index contributed by atoms with van der Waals surface area (Å²) in [5.41, 5.74) is 1.25. The summed E-state index contributed by atoms with van der Waals surface area (Å²) in [5.74, 6) is -0.879. The van der Waals surface area contributed by atoms with Crippen molar-refractivity contribution in [3.05, 3.63) is 52.2 Å². The number of rotatable bonds is 3. The summed E-state index contributed by atoms with van der Waals surface area (Å²) >= 11 is 1.57. The first kappa shape index (κ1) is 10.1. The smallest absolute Gasteiger partial charge is 0.146 e. The fourth-order valence-corrected chi connectivity index (χ4v) is 1.89. The number of halogens is 2. The minimum absolute atomic E-state index is 0.196. The first-order chi connectivity index (χ1) is 7.25. The second-order valence-corrected chi connectivity index (χ2v) is 3.89. The van der Waals surface area contributed by atoms with Gasteiger partial charge in [-0.2, -0.15) is 11.3 Å². The lowest BCUT2D eigenvalue weighted by atomic mass is 10.2. The average Bonchev–Trinajstić information content (AvgIpc) is 2.72. The first-order valence-corrected chi connectivity index (χ1v) is 5.40. The largest absolute Gasteiger partial charge is 0.378 e. The Kier molecular flexibility index (Phi) is 2.97. The third-order valence-electron chi connectivity index (χ3n) is 1.99. The highest BCUT2D eigenvalue weighted by molar-refractivity contribution is 7.07. The standard InChI is InChI=1S/C11H9F2NS/c12-9-1-2-10(13)11(5-9)14-6-8-3-4-15-7-8/h1-5,7,14H,6H2. The van der Waals surface area contributed by atoms with Crippen molar-refractivity contribution in [2.45, 2.75) is 6.54 Å². The van der Waals surface area contributed by atoms with Crippen molar-refractivity contribution in [2.24, 2.45) is 0 Å². The molecule has 0 amide bonds. The van der Waals surface area contributed by atoms with E-state index in [1.807, 2.05) is 16.8 Å². The number of benzene rings is 1. The highest BCUT2D eigenvalue weighted by Gasteiger charge is 2.03. The molecule has 0 saturated heterocycles. The van der Waals surface area contributed by atoms with Gasteiger partial charge < -0.3 is 5.32 Å². The molecule has 0 atom stereocenters. The van der Waals surface area contributed by atoms with Crippen LogP contribution in [-0.2, 0) is 6.54 Å². The summed E-state index contributed by atoms with van der Waals surface area (Å²) in [5, 5.41) is 6.75. The van der Waals surface area contributed by atoms with Crippen molar-refractivity contribution in [3.63, 3.8) is 0 Å². The molecule has 2 rings (SSSR count). The average molecular weight is 225 g/mol. The van der Waals surface area contributed by atoms with Gasteiger partial charge in [-0.3, -0.25) is 0 Å². The van der Waals surface area contributed by atoms with E-state index in [0.29, 0.717) is 6.54 Å². The van der Waals surface area contributed by atoms with Gasteiger partial charge in [-0.25, -0.2) is 8.78 Å². The molecule has 0 radical (unpaired) electrons. The third-order valence-corrected chi connectivity index (χ3v) is 2.72. The minimum atomic E-state index is -0.441. The zero-order valence-electron chi connectivity index (χ0n) is 7.84. The van der Waals surface area contributed by atoms with Crippen molar-refractivity contribution in [1.82, 2.24) is 0 Å². The Balaban J connectivity index is 2.07. The molecule has 1 nitrogen and oxygen atoms in total. The third kappa shape index (κ3) is 2.53. The molecule has 0 spiro atoms. The molecule has 1 aromatic heterocycles. The molecule has 0 aliphatic heterocycles. The van der Waals surface area contributed by atoms with E-state index < -0.39 is 11.6 Å². The van der Waals surface area contributed by atoms with E-state index in [9.17, 15) is 8.78 Å². The fourth-order valence-electron chi connectivity index (χ4n) is 1.22. The molecule has 4 heteroatoms. The molecular formula is C11H9F2NS. The van der Waals surface area contributed by atoms with Crippen molar-refractivity contribution in [1.29, 1.82) is 0 Å². The van der Waals surface area contributed by atoms with Crippen LogP contribution in [0.1, 0.15) is 5.56 Å². The molecule has 0 unspecified atom stereocenters. The Hall–Kier alpha value is -1.42. The van der Waals surface area contributed by atoms with Crippen LogP contribution in [0.3, 0.4) is 0 Å². The monoisotopic (exact) mass is 225 g/mol. The fraction of sp³-hybridized carbons (Fsp3) is 0.0909. The molecule has 0 fully saturated rings. The van der Waals surface area contributed by atoms with Crippen molar-refractivity contribution in [2.75, 3.05) is 5.32 Å². The first-order valence-electron chi connectivity index (χ1n) is 4.46. The molecule has 0 bridgehead atoms. The SMILES string of the molecule is Fc1ccc(F)c(NCc2ccsc2)c1. The highest BCUT2D eigenvalue weighted by Crippen LogP contribution is 2.16. The summed E-state index contributed by atoms with van der Waals surface area (Å²) in [6.07, 6.45) is 0. The number of nitrogens with one attached hydrogen (secondary N) is 1. The molecule has 15 heavy (non-hydrogen) atoms. The van der Waals surface area contributed by atoms with Crippen molar-refractivity contribution >= 4 is 17.0 Å². The highest BCUT2D eigenvalue weighted by atomic mass is 32.1. The van der Waals surface area contributed by atoms with Crippen LogP contribution in [0.5, 0.6) is 0 Å². The molecule has 1 N–H and O–H groups in total. The minimum Gasteiger partial charge on any atom is -0.378 e. The van der Waals surface area contributed by atoms with E-state index in [-0.39, 0.29) is 5.69 Å². The zero-order chi connectivity index (χ0) is 10.7. The molecule has 0 aliphatic carbocycles. The van der Waals surface area contributed by atoms with Gasteiger partial charge in [0.25, 0.3) is 0 Å². The number of thiophene rings is 1. The predicted octanol–water partition coefficient (Wildman–Crippen LogP) is 3.64. The summed E-state index contributed by atoms with van der Waals surface area (Å²) in [7, 11) is 0. The van der Waals surface area contributed by atoms with Gasteiger partial charge in [0.1, 0.15) is 11.6 Å². The topological polar surface area (TPSA) is 12.0 Å². The lowest BCUT2D eigenvalue weighted by Gasteiger charge is -2.06. The van der Waals surface area contributed by atoms with E-state index in [1.54, 1.807) is 11.3 Å². The van der Waals surface area contributed by atoms with Crippen LogP contribution in [0.25, 0.3) is 0 Å². The molecule has 1 aromatic carbocycles. The van der Waals surface area contributed by atoms with Gasteiger partial charge in [-0.1, -0.05) is 0 Å². The zero-order valence-corrected chi connectivity index (χ0v) is 8.65. The van der Waals surface area contributed by atoms with Crippen molar-refractivity contribution in [3.8, 4) is 0 Å². The van der Waals surface area contributed by atoms with E-state index in [4.69, 9.17) is 0 Å². The van der Waals surface area contributed by atoms with Gasteiger partial charge in [0.05, 0.1) is 5.69 Å². The Bertz CT molecular complexity index is 440. The van der Waals surface area contributed by atoms with E-state index >= 15 is 0 Å². The lowest BCUT2D eigenvalue weighted by Crippen LogP contribution is -2.00. The maximum Gasteiger partial charge on any atom is 0.146 e. The summed E-state index contributed by atoms with van der Waals surface area (Å²) < 4.78 is 26.0. The van der Waals surface area contributed by atoms with Crippen LogP contribution in [0.2, 0.25) is 0 Å². The Morgan fingerprint density at radius 3 is 2.80 bits per heavy atom. The Morgan fingerprint density at radius 1 is 1.20 bits per heavy atom. The van der Waals surface area contributed by atoms with Gasteiger partial charge in [0.2, 0.25) is 0 Å². The van der Waals surface area contributed by atoms with E-state index in [0.717, 1.165) is 23.8 Å². The molecule has 0 saturated carbocycles. The second-order valence-electron chi connectivity index (χ2n) is 3.11. The second kappa shape index (κ2) is 4.40. The lowest BCUT2D eigenvalue weighted by molar-refractivity contribution is 0.602. The number of hydrogen-bond acceptors (Lipinski definition) is 2. The summed E-state index contributed by atoms with van der Waals surface area (Å²) in [6, 6.07) is 5.31. The van der Waals surface area contributed by atoms with Crippen LogP contribution in [0, 0.1) is 11.6 Å². The molecule has 1 heterocycles. The number of hydrogen-bond donors (Lipinski definition) is 1. The molecule has 78 valence electrons. The molecule has 2 aromatic rings. The van der Waals surface area contributed by atoms with Crippen molar-refractivity contribution < 1.29 is 8.78 Å². The number of anilines is 1.